The van der Waals surface area contributed by atoms with Crippen LogP contribution in [-0.2, 0) is 0 Å². The molecule has 2 aromatic rings. The molecule has 0 saturated heterocycles. The monoisotopic (exact) mass is 364 g/mol. The van der Waals surface area contributed by atoms with Crippen LogP contribution in [-0.4, -0.2) is 15.0 Å². The molecule has 0 aliphatic carbocycles. The summed E-state index contributed by atoms with van der Waals surface area (Å²) in [7, 11) is 0. The molecule has 0 amide bonds. The highest BCUT2D eigenvalue weighted by Crippen LogP contribution is 2.21. The van der Waals surface area contributed by atoms with E-state index in [0.29, 0.717) is 5.82 Å². The fraction of sp³-hybridized carbons (Fsp3) is 0. The number of hydrogen-bond donors (Lipinski definition) is 1. The molecule has 2 N–H and O–H groups in total. The molecule has 0 aliphatic heterocycles. The topological polar surface area (TPSA) is 56.7 Å². The summed E-state index contributed by atoms with van der Waals surface area (Å²) in [5.41, 5.74) is 6.41. The van der Waals surface area contributed by atoms with Crippen molar-refractivity contribution in [2.75, 3.05) is 5.73 Å². The lowest BCUT2D eigenvalue weighted by molar-refractivity contribution is 0.803. The van der Waals surface area contributed by atoms with Gasteiger partial charge >= 0.3 is 0 Å². The average Bonchev–Trinajstić information content (AvgIpc) is 2.57. The van der Waals surface area contributed by atoms with Crippen LogP contribution in [0.3, 0.4) is 0 Å². The Bertz CT molecular complexity index is 468. The van der Waals surface area contributed by atoms with E-state index in [1.165, 1.54) is 0 Å². The highest BCUT2D eigenvalue weighted by molar-refractivity contribution is 14.1. The Morgan fingerprint density at radius 1 is 1.43 bits per heavy atom. The van der Waals surface area contributed by atoms with Crippen LogP contribution in [0.2, 0.25) is 0 Å². The Hall–Kier alpha value is -0.630. The second-order valence-corrected chi connectivity index (χ2v) is 4.70. The number of anilines is 1. The number of nitrogens with zero attached hydrogens (tertiary/aromatic N) is 3. The Morgan fingerprint density at radius 2 is 2.21 bits per heavy atom. The van der Waals surface area contributed by atoms with Gasteiger partial charge in [-0.2, -0.15) is 0 Å². The van der Waals surface area contributed by atoms with Gasteiger partial charge in [-0.3, -0.25) is 0 Å². The zero-order valence-corrected chi connectivity index (χ0v) is 10.7. The van der Waals surface area contributed by atoms with Gasteiger partial charge in [-0.15, -0.1) is 5.10 Å². The second-order valence-electron chi connectivity index (χ2n) is 2.69. The van der Waals surface area contributed by atoms with Gasteiger partial charge in [-0.1, -0.05) is 5.21 Å². The number of rotatable bonds is 1. The number of benzene rings is 1. The highest BCUT2D eigenvalue weighted by Gasteiger charge is 2.02. The summed E-state index contributed by atoms with van der Waals surface area (Å²) in [5.74, 6) is 0.416. The van der Waals surface area contributed by atoms with Crippen LogP contribution >= 0.6 is 38.5 Å². The first-order valence-electron chi connectivity index (χ1n) is 3.80. The largest absolute Gasteiger partial charge is 0.381 e. The van der Waals surface area contributed by atoms with Crippen LogP contribution in [0.4, 0.5) is 5.82 Å². The Labute approximate surface area is 103 Å². The van der Waals surface area contributed by atoms with Gasteiger partial charge < -0.3 is 5.73 Å². The van der Waals surface area contributed by atoms with Crippen molar-refractivity contribution in [3.63, 3.8) is 0 Å². The third-order valence-electron chi connectivity index (χ3n) is 1.68. The molecule has 0 bridgehead atoms. The molecule has 1 aromatic carbocycles. The Morgan fingerprint density at radius 3 is 2.79 bits per heavy atom. The van der Waals surface area contributed by atoms with E-state index >= 15 is 0 Å². The molecular formula is C8H6BrIN4. The van der Waals surface area contributed by atoms with Crippen molar-refractivity contribution in [3.05, 3.63) is 32.4 Å². The maximum Gasteiger partial charge on any atom is 0.166 e. The van der Waals surface area contributed by atoms with Crippen molar-refractivity contribution >= 4 is 44.3 Å². The van der Waals surface area contributed by atoms with E-state index in [0.717, 1.165) is 13.7 Å². The van der Waals surface area contributed by atoms with Crippen LogP contribution in [0, 0.1) is 3.57 Å². The minimum absolute atomic E-state index is 0.416. The molecule has 0 saturated carbocycles. The summed E-state index contributed by atoms with van der Waals surface area (Å²) >= 11 is 5.70. The van der Waals surface area contributed by atoms with Crippen molar-refractivity contribution in [1.82, 2.24) is 15.0 Å². The van der Waals surface area contributed by atoms with Gasteiger partial charge in [-0.25, -0.2) is 4.68 Å². The van der Waals surface area contributed by atoms with E-state index in [9.17, 15) is 0 Å². The Kier molecular flexibility index (Phi) is 2.73. The molecule has 2 rings (SSSR count). The van der Waals surface area contributed by atoms with E-state index in [2.05, 4.69) is 48.8 Å². The molecule has 0 unspecified atom stereocenters. The summed E-state index contributed by atoms with van der Waals surface area (Å²) in [6.07, 6.45) is 1.68. The molecule has 0 fully saturated rings. The van der Waals surface area contributed by atoms with Crippen LogP contribution in [0.5, 0.6) is 0 Å². The summed E-state index contributed by atoms with van der Waals surface area (Å²) < 4.78 is 3.82. The van der Waals surface area contributed by atoms with Gasteiger partial charge in [0.15, 0.2) is 5.82 Å². The van der Waals surface area contributed by atoms with Crippen LogP contribution in [0.25, 0.3) is 5.69 Å². The number of hydrogen-bond acceptors (Lipinski definition) is 3. The zero-order chi connectivity index (χ0) is 10.1. The lowest BCUT2D eigenvalue weighted by atomic mass is 10.3. The molecule has 6 heteroatoms. The standard InChI is InChI=1S/C8H6BrIN4/c9-6-3-5(1-2-7(6)10)14-4-8(11)12-13-14/h1-4H,11H2. The smallest absolute Gasteiger partial charge is 0.166 e. The molecule has 72 valence electrons. The van der Waals surface area contributed by atoms with Crippen molar-refractivity contribution in [3.8, 4) is 5.69 Å². The van der Waals surface area contributed by atoms with Crippen LogP contribution in [0.15, 0.2) is 28.9 Å². The molecule has 1 heterocycles. The highest BCUT2D eigenvalue weighted by atomic mass is 127. The van der Waals surface area contributed by atoms with Crippen molar-refractivity contribution in [2.45, 2.75) is 0 Å². The molecule has 14 heavy (non-hydrogen) atoms. The maximum absolute atomic E-state index is 5.48. The van der Waals surface area contributed by atoms with Gasteiger partial charge in [-0.05, 0) is 56.7 Å². The minimum atomic E-state index is 0.416. The molecule has 1 aromatic heterocycles. The number of aromatic nitrogens is 3. The molecule has 4 nitrogen and oxygen atoms in total. The van der Waals surface area contributed by atoms with Gasteiger partial charge in [0.2, 0.25) is 0 Å². The number of nitrogen functional groups attached to an aromatic ring is 1. The van der Waals surface area contributed by atoms with Crippen LogP contribution in [0.1, 0.15) is 0 Å². The predicted molar refractivity (Wildman–Crippen MR) is 66.2 cm³/mol. The van der Waals surface area contributed by atoms with Crippen molar-refractivity contribution in [1.29, 1.82) is 0 Å². The van der Waals surface area contributed by atoms with Crippen molar-refractivity contribution < 1.29 is 0 Å². The maximum atomic E-state index is 5.48. The number of nitrogens with two attached hydrogens (primary N) is 1. The number of halogens is 2. The second kappa shape index (κ2) is 3.85. The summed E-state index contributed by atoms with van der Waals surface area (Å²) in [4.78, 5) is 0. The van der Waals surface area contributed by atoms with E-state index in [4.69, 9.17) is 5.73 Å². The van der Waals surface area contributed by atoms with E-state index in [-0.39, 0.29) is 0 Å². The lowest BCUT2D eigenvalue weighted by Gasteiger charge is -2.01. The molecule has 0 aliphatic rings. The van der Waals surface area contributed by atoms with E-state index in [1.54, 1.807) is 10.9 Å². The molecule has 0 radical (unpaired) electrons. The fourth-order valence-corrected chi connectivity index (χ4v) is 1.73. The minimum Gasteiger partial charge on any atom is -0.381 e. The lowest BCUT2D eigenvalue weighted by Crippen LogP contribution is -1.95. The predicted octanol–water partition coefficient (Wildman–Crippen LogP) is 2.22. The third kappa shape index (κ3) is 1.90. The fourth-order valence-electron chi connectivity index (χ4n) is 1.03. The van der Waals surface area contributed by atoms with Gasteiger partial charge in [0.05, 0.1) is 11.9 Å². The SMILES string of the molecule is Nc1cn(-c2ccc(I)c(Br)c2)nn1. The molecule has 0 atom stereocenters. The van der Waals surface area contributed by atoms with Crippen molar-refractivity contribution in [2.24, 2.45) is 0 Å². The summed E-state index contributed by atoms with van der Waals surface area (Å²) in [6, 6.07) is 5.92. The summed E-state index contributed by atoms with van der Waals surface area (Å²) in [5, 5.41) is 7.59. The first kappa shape index (κ1) is 9.91. The Balaban J connectivity index is 2.47. The van der Waals surface area contributed by atoms with E-state index < -0.39 is 0 Å². The first-order chi connectivity index (χ1) is 6.66. The normalized spacial score (nSPS) is 10.4. The van der Waals surface area contributed by atoms with E-state index in [1.807, 2.05) is 18.2 Å². The van der Waals surface area contributed by atoms with Gasteiger partial charge in [0, 0.05) is 8.04 Å². The summed E-state index contributed by atoms with van der Waals surface area (Å²) in [6.45, 7) is 0. The quantitative estimate of drug-likeness (QED) is 0.789. The first-order valence-corrected chi connectivity index (χ1v) is 5.67. The molecule has 0 spiro atoms. The van der Waals surface area contributed by atoms with Gasteiger partial charge in [0.1, 0.15) is 0 Å². The van der Waals surface area contributed by atoms with Crippen LogP contribution < -0.4 is 5.73 Å². The third-order valence-corrected chi connectivity index (χ3v) is 4.02. The molecular weight excluding hydrogens is 359 g/mol. The average molecular weight is 365 g/mol. The zero-order valence-electron chi connectivity index (χ0n) is 6.98. The van der Waals surface area contributed by atoms with Gasteiger partial charge in [0.25, 0.3) is 0 Å².